The fourth-order valence-corrected chi connectivity index (χ4v) is 0.911. The number of rotatable bonds is 4. The van der Waals surface area contributed by atoms with Gasteiger partial charge in [0.05, 0.1) is 0 Å². The van der Waals surface area contributed by atoms with Crippen molar-refractivity contribution in [1.29, 1.82) is 0 Å². The molecule has 0 radical (unpaired) electrons. The highest BCUT2D eigenvalue weighted by molar-refractivity contribution is 7.72. The van der Waals surface area contributed by atoms with Crippen molar-refractivity contribution in [3.63, 3.8) is 0 Å². The van der Waals surface area contributed by atoms with Gasteiger partial charge in [0, 0.05) is 6.07 Å². The molecule has 1 rings (SSSR count). The highest BCUT2D eigenvalue weighted by Crippen LogP contribution is 2.06. The number of carbonyl (C=O) groups is 1. The maximum absolute atomic E-state index is 10.5. The first kappa shape index (κ1) is 9.52. The van der Waals surface area contributed by atoms with Gasteiger partial charge in [-0.25, -0.2) is 8.42 Å². The Hall–Kier alpha value is -1.57. The first-order valence-corrected chi connectivity index (χ1v) is 4.58. The van der Waals surface area contributed by atoms with Crippen LogP contribution in [0, 0.1) is 0 Å². The molecule has 8 heteroatoms. The van der Waals surface area contributed by atoms with Gasteiger partial charge in [0.25, 0.3) is 5.91 Å². The molecule has 0 fully saturated rings. The van der Waals surface area contributed by atoms with Gasteiger partial charge < -0.3 is 15.6 Å². The molecule has 72 valence electrons. The molecule has 0 aliphatic rings. The average molecular weight is 205 g/mol. The predicted molar refractivity (Wildman–Crippen MR) is 43.8 cm³/mol. The van der Waals surface area contributed by atoms with E-state index >= 15 is 0 Å². The monoisotopic (exact) mass is 205 g/mol. The summed E-state index contributed by atoms with van der Waals surface area (Å²) in [5.74, 6) is -0.983. The molecule has 1 heterocycles. The van der Waals surface area contributed by atoms with Gasteiger partial charge in [-0.1, -0.05) is 5.16 Å². The Balaban J connectivity index is 2.64. The zero-order chi connectivity index (χ0) is 9.84. The molecule has 1 amide bonds. The number of primary amides is 1. The van der Waals surface area contributed by atoms with Crippen molar-refractivity contribution in [2.24, 2.45) is 5.73 Å². The molecular weight excluding hydrogens is 198 g/mol. The van der Waals surface area contributed by atoms with Crippen molar-refractivity contribution in [2.75, 3.05) is 11.2 Å². The smallest absolute Gasteiger partial charge is 0.287 e. The lowest BCUT2D eigenvalue weighted by Gasteiger charge is -1.90. The van der Waals surface area contributed by atoms with Crippen LogP contribution in [0.15, 0.2) is 10.6 Å². The largest absolute Gasteiger partial charge is 0.363 e. The van der Waals surface area contributed by atoms with E-state index in [4.69, 9.17) is 5.73 Å². The minimum atomic E-state index is -2.54. The summed E-state index contributed by atoms with van der Waals surface area (Å²) in [5, 5.41) is 5.77. The quantitative estimate of drug-likeness (QED) is 0.529. The van der Waals surface area contributed by atoms with Crippen molar-refractivity contribution in [3.8, 4) is 0 Å². The highest BCUT2D eigenvalue weighted by atomic mass is 32.2. The molecule has 0 unspecified atom stereocenters. The second-order valence-corrected chi connectivity index (χ2v) is 3.09. The number of amides is 1. The van der Waals surface area contributed by atoms with E-state index in [2.05, 4.69) is 15.0 Å². The van der Waals surface area contributed by atoms with E-state index in [-0.39, 0.29) is 17.5 Å². The lowest BCUT2D eigenvalue weighted by atomic mass is 10.4. The minimum absolute atomic E-state index is 0.122. The standard InChI is InChI=1S/C5H7N3O4S/c6-5(9)3-1-4(8-12-3)7-2-13(10)11/h1,13H,2H2,(H2,6,9)(H,7,8). The maximum atomic E-state index is 10.5. The molecular formula is C5H7N3O4S. The fourth-order valence-electron chi connectivity index (χ4n) is 0.620. The Morgan fingerprint density at radius 2 is 2.38 bits per heavy atom. The lowest BCUT2D eigenvalue weighted by Crippen LogP contribution is -2.09. The molecule has 0 aliphatic carbocycles. The van der Waals surface area contributed by atoms with Crippen LogP contribution in [0.1, 0.15) is 10.6 Å². The number of nitrogens with one attached hydrogen (secondary N) is 1. The zero-order valence-electron chi connectivity index (χ0n) is 6.39. The normalized spacial score (nSPS) is 10.2. The van der Waals surface area contributed by atoms with Gasteiger partial charge in [-0.3, -0.25) is 4.79 Å². The number of anilines is 1. The second kappa shape index (κ2) is 3.90. The van der Waals surface area contributed by atoms with E-state index in [1.165, 1.54) is 6.07 Å². The van der Waals surface area contributed by atoms with Crippen molar-refractivity contribution < 1.29 is 17.7 Å². The van der Waals surface area contributed by atoms with Crippen LogP contribution >= 0.6 is 0 Å². The number of nitrogens with zero attached hydrogens (tertiary/aromatic N) is 1. The molecule has 0 saturated carbocycles. The van der Waals surface area contributed by atoms with Crippen LogP contribution in [-0.4, -0.2) is 25.4 Å². The Kier molecular flexibility index (Phi) is 2.85. The topological polar surface area (TPSA) is 115 Å². The van der Waals surface area contributed by atoms with Crippen LogP contribution in [0.5, 0.6) is 0 Å². The van der Waals surface area contributed by atoms with Crippen LogP contribution in [0.3, 0.4) is 0 Å². The van der Waals surface area contributed by atoms with Crippen LogP contribution in [0.2, 0.25) is 0 Å². The third-order valence-electron chi connectivity index (χ3n) is 1.14. The summed E-state index contributed by atoms with van der Waals surface area (Å²) in [5.41, 5.74) is 4.86. The molecule has 0 aliphatic heterocycles. The summed E-state index contributed by atoms with van der Waals surface area (Å²) in [7, 11) is -2.54. The molecule has 1 aromatic heterocycles. The number of nitrogens with two attached hydrogens (primary N) is 1. The molecule has 13 heavy (non-hydrogen) atoms. The summed E-state index contributed by atoms with van der Waals surface area (Å²) < 4.78 is 24.8. The van der Waals surface area contributed by atoms with Crippen molar-refractivity contribution in [1.82, 2.24) is 5.16 Å². The van der Waals surface area contributed by atoms with E-state index in [0.717, 1.165) is 0 Å². The van der Waals surface area contributed by atoms with E-state index in [1.54, 1.807) is 0 Å². The Morgan fingerprint density at radius 3 is 2.85 bits per heavy atom. The number of hydrogen-bond donors (Lipinski definition) is 3. The number of hydrogen-bond acceptors (Lipinski definition) is 6. The van der Waals surface area contributed by atoms with Crippen LogP contribution in [0.25, 0.3) is 0 Å². The average Bonchev–Trinajstić information content (AvgIpc) is 2.48. The van der Waals surface area contributed by atoms with Gasteiger partial charge in [0.2, 0.25) is 5.76 Å². The molecule has 0 bridgehead atoms. The second-order valence-electron chi connectivity index (χ2n) is 2.11. The molecule has 7 nitrogen and oxygen atoms in total. The van der Waals surface area contributed by atoms with E-state index in [1.807, 2.05) is 0 Å². The summed E-state index contributed by atoms with van der Waals surface area (Å²) in [4.78, 5) is 10.5. The molecule has 1 aromatic rings. The number of carbonyl (C=O) groups excluding carboxylic acids is 1. The van der Waals surface area contributed by atoms with E-state index in [0.29, 0.717) is 0 Å². The first-order valence-electron chi connectivity index (χ1n) is 3.22. The third kappa shape index (κ3) is 2.75. The lowest BCUT2D eigenvalue weighted by molar-refractivity contribution is 0.0965. The van der Waals surface area contributed by atoms with Crippen molar-refractivity contribution >= 4 is 22.4 Å². The molecule has 3 N–H and O–H groups in total. The van der Waals surface area contributed by atoms with E-state index in [9.17, 15) is 13.2 Å². The molecule has 0 aromatic carbocycles. The van der Waals surface area contributed by atoms with Gasteiger partial charge in [-0.15, -0.1) is 0 Å². The van der Waals surface area contributed by atoms with Gasteiger partial charge in [-0.05, 0) is 0 Å². The summed E-state index contributed by atoms with van der Waals surface area (Å²) in [6.45, 7) is 0. The summed E-state index contributed by atoms with van der Waals surface area (Å²) in [6.07, 6.45) is 0. The van der Waals surface area contributed by atoms with Gasteiger partial charge in [-0.2, -0.15) is 0 Å². The fraction of sp³-hybridized carbons (Fsp3) is 0.200. The zero-order valence-corrected chi connectivity index (χ0v) is 7.28. The predicted octanol–water partition coefficient (Wildman–Crippen LogP) is -1.25. The maximum Gasteiger partial charge on any atom is 0.287 e. The van der Waals surface area contributed by atoms with Crippen LogP contribution in [0.4, 0.5) is 5.82 Å². The van der Waals surface area contributed by atoms with Gasteiger partial charge in [0.15, 0.2) is 16.5 Å². The third-order valence-corrected chi connectivity index (χ3v) is 1.56. The van der Waals surface area contributed by atoms with Gasteiger partial charge >= 0.3 is 0 Å². The van der Waals surface area contributed by atoms with Gasteiger partial charge in [0.1, 0.15) is 5.88 Å². The Morgan fingerprint density at radius 1 is 1.69 bits per heavy atom. The van der Waals surface area contributed by atoms with Crippen LogP contribution < -0.4 is 11.1 Å². The molecule has 0 spiro atoms. The first-order chi connectivity index (χ1) is 6.09. The number of thiol groups is 1. The van der Waals surface area contributed by atoms with Crippen molar-refractivity contribution in [3.05, 3.63) is 11.8 Å². The summed E-state index contributed by atoms with van der Waals surface area (Å²) >= 11 is 0. The van der Waals surface area contributed by atoms with Crippen molar-refractivity contribution in [2.45, 2.75) is 0 Å². The number of aromatic nitrogens is 1. The Bertz CT molecular complexity index is 375. The Labute approximate surface area is 74.8 Å². The summed E-state index contributed by atoms with van der Waals surface area (Å²) in [6, 6.07) is 1.22. The SMILES string of the molecule is NC(=O)c1cc(NC[SH](=O)=O)no1. The molecule has 0 atom stereocenters. The van der Waals surface area contributed by atoms with E-state index < -0.39 is 16.6 Å². The molecule has 0 saturated heterocycles. The van der Waals surface area contributed by atoms with Crippen LogP contribution in [-0.2, 0) is 10.7 Å². The highest BCUT2D eigenvalue weighted by Gasteiger charge is 2.08. The minimum Gasteiger partial charge on any atom is -0.363 e.